The number of nitrogens with zero attached hydrogens (tertiary/aromatic N) is 2. The van der Waals surface area contributed by atoms with Gasteiger partial charge in [-0.2, -0.15) is 0 Å². The van der Waals surface area contributed by atoms with Gasteiger partial charge in [-0.05, 0) is 49.3 Å². The SMILES string of the molecule is Cc1sc2nc(SCC(=O)O)nc(Cl)c2c1-c1ccc2c(c1)CCCC2. The molecule has 7 heteroatoms. The van der Waals surface area contributed by atoms with Crippen LogP contribution in [0.25, 0.3) is 21.3 Å². The maximum atomic E-state index is 10.8. The first-order valence-corrected chi connectivity index (χ1v) is 10.6. The number of rotatable bonds is 4. The average molecular weight is 405 g/mol. The second-order valence-corrected chi connectivity index (χ2v) is 8.89. The molecule has 1 aliphatic rings. The second-order valence-electron chi connectivity index (χ2n) is 6.38. The van der Waals surface area contributed by atoms with Crippen molar-refractivity contribution in [3.8, 4) is 11.1 Å². The number of carboxylic acid groups (broad SMARTS) is 1. The van der Waals surface area contributed by atoms with E-state index in [1.54, 1.807) is 11.3 Å². The predicted molar refractivity (Wildman–Crippen MR) is 108 cm³/mol. The lowest BCUT2D eigenvalue weighted by Crippen LogP contribution is -2.02. The number of halogens is 1. The van der Waals surface area contributed by atoms with E-state index in [1.807, 2.05) is 0 Å². The molecule has 0 amide bonds. The van der Waals surface area contributed by atoms with Crippen LogP contribution < -0.4 is 0 Å². The highest BCUT2D eigenvalue weighted by molar-refractivity contribution is 7.99. The summed E-state index contributed by atoms with van der Waals surface area (Å²) in [6.07, 6.45) is 4.80. The molecule has 2 aromatic heterocycles. The average Bonchev–Trinajstić information content (AvgIpc) is 2.96. The molecule has 0 saturated carbocycles. The maximum Gasteiger partial charge on any atom is 0.313 e. The molecule has 0 aliphatic heterocycles. The molecule has 134 valence electrons. The zero-order valence-electron chi connectivity index (χ0n) is 14.2. The van der Waals surface area contributed by atoms with E-state index < -0.39 is 5.97 Å². The van der Waals surface area contributed by atoms with E-state index in [4.69, 9.17) is 16.7 Å². The first kappa shape index (κ1) is 17.8. The van der Waals surface area contributed by atoms with Crippen molar-refractivity contribution >= 4 is 50.9 Å². The summed E-state index contributed by atoms with van der Waals surface area (Å²) in [5, 5.41) is 10.5. The smallest absolute Gasteiger partial charge is 0.313 e. The molecule has 1 aliphatic carbocycles. The Morgan fingerprint density at radius 2 is 2.04 bits per heavy atom. The molecule has 1 aromatic carbocycles. The summed E-state index contributed by atoms with van der Waals surface area (Å²) in [6, 6.07) is 6.69. The number of aliphatic carboxylic acids is 1. The molecule has 0 unspecified atom stereocenters. The third-order valence-electron chi connectivity index (χ3n) is 4.62. The summed E-state index contributed by atoms with van der Waals surface area (Å²) in [5.41, 5.74) is 5.13. The Morgan fingerprint density at radius 1 is 1.27 bits per heavy atom. The Labute approximate surface area is 164 Å². The molecule has 2 heterocycles. The molecule has 0 saturated heterocycles. The standard InChI is InChI=1S/C19H17ClN2O2S2/c1-10-15(13-7-6-11-4-2-3-5-12(11)8-13)16-17(20)21-19(22-18(16)26-10)25-9-14(23)24/h6-8H,2-5,9H2,1H3,(H,23,24). The molecular weight excluding hydrogens is 388 g/mol. The van der Waals surface area contributed by atoms with E-state index in [0.29, 0.717) is 10.3 Å². The fourth-order valence-electron chi connectivity index (χ4n) is 3.48. The van der Waals surface area contributed by atoms with E-state index in [0.717, 1.165) is 50.8 Å². The topological polar surface area (TPSA) is 63.1 Å². The fraction of sp³-hybridized carbons (Fsp3) is 0.316. The third-order valence-corrected chi connectivity index (χ3v) is 6.73. The number of hydrogen-bond acceptors (Lipinski definition) is 5. The van der Waals surface area contributed by atoms with Crippen molar-refractivity contribution in [1.82, 2.24) is 9.97 Å². The van der Waals surface area contributed by atoms with E-state index in [-0.39, 0.29) is 5.75 Å². The highest BCUT2D eigenvalue weighted by atomic mass is 35.5. The minimum atomic E-state index is -0.896. The number of carbonyl (C=O) groups is 1. The molecule has 4 rings (SSSR count). The van der Waals surface area contributed by atoms with Gasteiger partial charge in [0, 0.05) is 10.4 Å². The van der Waals surface area contributed by atoms with Crippen LogP contribution in [0.1, 0.15) is 28.8 Å². The number of aryl methyl sites for hydroxylation is 3. The molecule has 3 aromatic rings. The van der Waals surface area contributed by atoms with Crippen molar-refractivity contribution in [2.75, 3.05) is 5.75 Å². The van der Waals surface area contributed by atoms with Crippen LogP contribution in [0.5, 0.6) is 0 Å². The molecule has 0 bridgehead atoms. The Morgan fingerprint density at radius 3 is 2.81 bits per heavy atom. The van der Waals surface area contributed by atoms with E-state index in [2.05, 4.69) is 35.1 Å². The summed E-state index contributed by atoms with van der Waals surface area (Å²) >= 11 is 9.15. The van der Waals surface area contributed by atoms with E-state index >= 15 is 0 Å². The van der Waals surface area contributed by atoms with Crippen LogP contribution in [0.3, 0.4) is 0 Å². The van der Waals surface area contributed by atoms with Gasteiger partial charge in [0.15, 0.2) is 5.16 Å². The highest BCUT2D eigenvalue weighted by Crippen LogP contribution is 2.42. The third kappa shape index (κ3) is 3.33. The van der Waals surface area contributed by atoms with Crippen LogP contribution in [-0.2, 0) is 17.6 Å². The minimum absolute atomic E-state index is 0.0795. The lowest BCUT2D eigenvalue weighted by molar-refractivity contribution is -0.133. The minimum Gasteiger partial charge on any atom is -0.481 e. The number of thioether (sulfide) groups is 1. The first-order valence-electron chi connectivity index (χ1n) is 8.46. The Bertz CT molecular complexity index is 1020. The number of benzene rings is 1. The number of hydrogen-bond donors (Lipinski definition) is 1. The van der Waals surface area contributed by atoms with Crippen molar-refractivity contribution in [3.05, 3.63) is 39.4 Å². The summed E-state index contributed by atoms with van der Waals surface area (Å²) in [7, 11) is 0. The van der Waals surface area contributed by atoms with Crippen LogP contribution >= 0.6 is 34.7 Å². The Hall–Kier alpha value is -1.63. The summed E-state index contributed by atoms with van der Waals surface area (Å²) < 4.78 is 0. The zero-order chi connectivity index (χ0) is 18.3. The Kier molecular flexibility index (Phi) is 4.90. The van der Waals surface area contributed by atoms with Gasteiger partial charge in [-0.3, -0.25) is 4.79 Å². The number of aromatic nitrogens is 2. The molecule has 0 spiro atoms. The van der Waals surface area contributed by atoms with E-state index in [1.165, 1.54) is 24.0 Å². The quantitative estimate of drug-likeness (QED) is 0.359. The number of thiophene rings is 1. The van der Waals surface area contributed by atoms with Gasteiger partial charge in [0.05, 0.1) is 11.1 Å². The van der Waals surface area contributed by atoms with Crippen molar-refractivity contribution in [1.29, 1.82) is 0 Å². The predicted octanol–water partition coefficient (Wildman–Crippen LogP) is 5.38. The monoisotopic (exact) mass is 404 g/mol. The highest BCUT2D eigenvalue weighted by Gasteiger charge is 2.19. The zero-order valence-corrected chi connectivity index (χ0v) is 16.6. The van der Waals surface area contributed by atoms with E-state index in [9.17, 15) is 4.79 Å². The largest absolute Gasteiger partial charge is 0.481 e. The lowest BCUT2D eigenvalue weighted by Gasteiger charge is -2.16. The van der Waals surface area contributed by atoms with Crippen molar-refractivity contribution < 1.29 is 9.90 Å². The maximum absolute atomic E-state index is 10.8. The lowest BCUT2D eigenvalue weighted by atomic mass is 9.89. The summed E-state index contributed by atoms with van der Waals surface area (Å²) in [4.78, 5) is 21.6. The van der Waals surface area contributed by atoms with Crippen LogP contribution in [0, 0.1) is 6.92 Å². The van der Waals surface area contributed by atoms with Gasteiger partial charge in [0.25, 0.3) is 0 Å². The van der Waals surface area contributed by atoms with Gasteiger partial charge in [-0.15, -0.1) is 11.3 Å². The van der Waals surface area contributed by atoms with Gasteiger partial charge < -0.3 is 5.11 Å². The van der Waals surface area contributed by atoms with Crippen LogP contribution in [0.15, 0.2) is 23.4 Å². The van der Waals surface area contributed by atoms with Gasteiger partial charge in [0.1, 0.15) is 9.98 Å². The Balaban J connectivity index is 1.80. The molecule has 0 radical (unpaired) electrons. The van der Waals surface area contributed by atoms with Crippen molar-refractivity contribution in [2.45, 2.75) is 37.8 Å². The van der Waals surface area contributed by atoms with Gasteiger partial charge in [-0.1, -0.05) is 41.6 Å². The molecule has 0 atom stereocenters. The molecular formula is C19H17ClN2O2S2. The fourth-order valence-corrected chi connectivity index (χ4v) is 5.52. The van der Waals surface area contributed by atoms with Crippen LogP contribution in [-0.4, -0.2) is 26.8 Å². The van der Waals surface area contributed by atoms with Crippen molar-refractivity contribution in [2.24, 2.45) is 0 Å². The van der Waals surface area contributed by atoms with Crippen LogP contribution in [0.2, 0.25) is 5.15 Å². The van der Waals surface area contributed by atoms with Gasteiger partial charge in [-0.25, -0.2) is 9.97 Å². The first-order chi connectivity index (χ1) is 12.5. The molecule has 4 nitrogen and oxygen atoms in total. The van der Waals surface area contributed by atoms with Crippen LogP contribution in [0.4, 0.5) is 0 Å². The number of fused-ring (bicyclic) bond motifs is 2. The van der Waals surface area contributed by atoms with Gasteiger partial charge >= 0.3 is 5.97 Å². The molecule has 0 fully saturated rings. The molecule has 26 heavy (non-hydrogen) atoms. The van der Waals surface area contributed by atoms with Crippen molar-refractivity contribution in [3.63, 3.8) is 0 Å². The summed E-state index contributed by atoms with van der Waals surface area (Å²) in [5.74, 6) is -0.976. The molecule has 1 N–H and O–H groups in total. The summed E-state index contributed by atoms with van der Waals surface area (Å²) in [6.45, 7) is 2.07. The number of carboxylic acids is 1. The van der Waals surface area contributed by atoms with Gasteiger partial charge in [0.2, 0.25) is 0 Å². The normalized spacial score (nSPS) is 13.8. The second kappa shape index (κ2) is 7.18.